The van der Waals surface area contributed by atoms with Gasteiger partial charge in [-0.25, -0.2) is 9.97 Å². The lowest BCUT2D eigenvalue weighted by Crippen LogP contribution is -2.00. The van der Waals surface area contributed by atoms with E-state index in [0.717, 1.165) is 21.6 Å². The van der Waals surface area contributed by atoms with Crippen LogP contribution in [0.4, 0.5) is 5.82 Å². The maximum atomic E-state index is 5.86. The average molecular weight is 240 g/mol. The van der Waals surface area contributed by atoms with Crippen LogP contribution in [-0.2, 0) is 0 Å². The van der Waals surface area contributed by atoms with Crippen LogP contribution in [0.5, 0.6) is 0 Å². The topological polar surface area (TPSA) is 37.8 Å². The predicted molar refractivity (Wildman–Crippen MR) is 64.5 cm³/mol. The van der Waals surface area contributed by atoms with Gasteiger partial charge in [-0.1, -0.05) is 11.6 Å². The molecule has 0 aromatic carbocycles. The molecule has 2 aromatic rings. The fourth-order valence-electron chi connectivity index (χ4n) is 1.19. The SMILES string of the molecule is CCNc1ccnc(-c2ccc(Cl)s2)n1. The van der Waals surface area contributed by atoms with Crippen LogP contribution in [-0.4, -0.2) is 16.5 Å². The molecular formula is C10H10ClN3S. The van der Waals surface area contributed by atoms with Gasteiger partial charge in [0.2, 0.25) is 0 Å². The number of hydrogen-bond donors (Lipinski definition) is 1. The molecule has 0 aliphatic heterocycles. The number of halogens is 1. The van der Waals surface area contributed by atoms with E-state index < -0.39 is 0 Å². The second-order valence-electron chi connectivity index (χ2n) is 2.90. The van der Waals surface area contributed by atoms with Crippen molar-refractivity contribution in [3.63, 3.8) is 0 Å². The first-order valence-corrected chi connectivity index (χ1v) is 5.81. The quantitative estimate of drug-likeness (QED) is 0.893. The Morgan fingerprint density at radius 2 is 2.27 bits per heavy atom. The Morgan fingerprint density at radius 1 is 1.40 bits per heavy atom. The number of hydrogen-bond acceptors (Lipinski definition) is 4. The Hall–Kier alpha value is -1.13. The summed E-state index contributed by atoms with van der Waals surface area (Å²) in [4.78, 5) is 9.57. The fraction of sp³-hybridized carbons (Fsp3) is 0.200. The van der Waals surface area contributed by atoms with Crippen molar-refractivity contribution in [3.8, 4) is 10.7 Å². The number of nitrogens with one attached hydrogen (secondary N) is 1. The van der Waals surface area contributed by atoms with Crippen molar-refractivity contribution >= 4 is 28.8 Å². The molecule has 2 aromatic heterocycles. The van der Waals surface area contributed by atoms with Crippen molar-refractivity contribution in [2.45, 2.75) is 6.92 Å². The maximum absolute atomic E-state index is 5.86. The molecule has 0 fully saturated rings. The molecule has 2 rings (SSSR count). The summed E-state index contributed by atoms with van der Waals surface area (Å²) in [5.74, 6) is 1.55. The summed E-state index contributed by atoms with van der Waals surface area (Å²) in [5, 5.41) is 3.15. The normalized spacial score (nSPS) is 10.3. The van der Waals surface area contributed by atoms with Gasteiger partial charge in [-0.2, -0.15) is 0 Å². The van der Waals surface area contributed by atoms with E-state index in [-0.39, 0.29) is 0 Å². The molecule has 0 spiro atoms. The third kappa shape index (κ3) is 2.46. The lowest BCUT2D eigenvalue weighted by Gasteiger charge is -2.02. The van der Waals surface area contributed by atoms with Crippen molar-refractivity contribution in [2.24, 2.45) is 0 Å². The highest BCUT2D eigenvalue weighted by Gasteiger charge is 2.04. The molecule has 0 unspecified atom stereocenters. The van der Waals surface area contributed by atoms with E-state index >= 15 is 0 Å². The third-order valence-electron chi connectivity index (χ3n) is 1.81. The van der Waals surface area contributed by atoms with Gasteiger partial charge in [-0.05, 0) is 25.1 Å². The molecule has 78 valence electrons. The highest BCUT2D eigenvalue weighted by Crippen LogP contribution is 2.28. The van der Waals surface area contributed by atoms with Gasteiger partial charge in [0, 0.05) is 12.7 Å². The minimum Gasteiger partial charge on any atom is -0.370 e. The molecule has 5 heteroatoms. The van der Waals surface area contributed by atoms with Gasteiger partial charge in [0.05, 0.1) is 9.21 Å². The number of aromatic nitrogens is 2. The smallest absolute Gasteiger partial charge is 0.171 e. The van der Waals surface area contributed by atoms with Gasteiger partial charge in [-0.3, -0.25) is 0 Å². The van der Waals surface area contributed by atoms with Crippen LogP contribution < -0.4 is 5.32 Å². The minimum absolute atomic E-state index is 0.713. The number of nitrogens with zero attached hydrogens (tertiary/aromatic N) is 2. The van der Waals surface area contributed by atoms with Gasteiger partial charge < -0.3 is 5.32 Å². The number of rotatable bonds is 3. The zero-order chi connectivity index (χ0) is 10.7. The largest absolute Gasteiger partial charge is 0.370 e. The maximum Gasteiger partial charge on any atom is 0.171 e. The Morgan fingerprint density at radius 3 is 2.93 bits per heavy atom. The first-order chi connectivity index (χ1) is 7.29. The molecule has 0 bridgehead atoms. The van der Waals surface area contributed by atoms with E-state index in [2.05, 4.69) is 15.3 Å². The summed E-state index contributed by atoms with van der Waals surface area (Å²) in [7, 11) is 0. The molecule has 0 saturated carbocycles. The zero-order valence-electron chi connectivity index (χ0n) is 8.20. The summed E-state index contributed by atoms with van der Waals surface area (Å²) < 4.78 is 0.752. The van der Waals surface area contributed by atoms with Crippen LogP contribution in [0.15, 0.2) is 24.4 Å². The zero-order valence-corrected chi connectivity index (χ0v) is 9.77. The Bertz CT molecular complexity index is 455. The van der Waals surface area contributed by atoms with Crippen molar-refractivity contribution < 1.29 is 0 Å². The molecule has 0 saturated heterocycles. The molecule has 0 radical (unpaired) electrons. The molecule has 0 aliphatic carbocycles. The summed E-state index contributed by atoms with van der Waals surface area (Å²) in [6.45, 7) is 2.88. The van der Waals surface area contributed by atoms with Crippen LogP contribution in [0.1, 0.15) is 6.92 Å². The lowest BCUT2D eigenvalue weighted by atomic mass is 10.4. The number of anilines is 1. The molecular weight excluding hydrogens is 230 g/mol. The molecule has 0 atom stereocenters. The molecule has 0 aliphatic rings. The standard InChI is InChI=1S/C10H10ClN3S/c1-2-12-9-5-6-13-10(14-9)7-3-4-8(11)15-7/h3-6H,2H2,1H3,(H,12,13,14). The van der Waals surface area contributed by atoms with E-state index in [1.807, 2.05) is 25.1 Å². The van der Waals surface area contributed by atoms with Crippen molar-refractivity contribution in [1.29, 1.82) is 0 Å². The van der Waals surface area contributed by atoms with Crippen LogP contribution in [0.3, 0.4) is 0 Å². The fourth-order valence-corrected chi connectivity index (χ4v) is 2.18. The van der Waals surface area contributed by atoms with Gasteiger partial charge >= 0.3 is 0 Å². The first kappa shape index (κ1) is 10.4. The molecule has 3 nitrogen and oxygen atoms in total. The van der Waals surface area contributed by atoms with E-state index in [9.17, 15) is 0 Å². The minimum atomic E-state index is 0.713. The Labute approximate surface area is 97.2 Å². The van der Waals surface area contributed by atoms with Crippen LogP contribution in [0.2, 0.25) is 4.34 Å². The number of thiophene rings is 1. The second kappa shape index (κ2) is 4.59. The second-order valence-corrected chi connectivity index (χ2v) is 4.61. The lowest BCUT2D eigenvalue weighted by molar-refractivity contribution is 1.12. The van der Waals surface area contributed by atoms with Gasteiger partial charge in [0.15, 0.2) is 5.82 Å². The van der Waals surface area contributed by atoms with Crippen molar-refractivity contribution in [1.82, 2.24) is 9.97 Å². The third-order valence-corrected chi connectivity index (χ3v) is 3.03. The molecule has 0 amide bonds. The average Bonchev–Trinajstić information content (AvgIpc) is 2.66. The van der Waals surface area contributed by atoms with Crippen LogP contribution in [0, 0.1) is 0 Å². The summed E-state index contributed by atoms with van der Waals surface area (Å²) in [6, 6.07) is 5.63. The van der Waals surface area contributed by atoms with Crippen molar-refractivity contribution in [2.75, 3.05) is 11.9 Å². The molecule has 15 heavy (non-hydrogen) atoms. The monoisotopic (exact) mass is 239 g/mol. The highest BCUT2D eigenvalue weighted by molar-refractivity contribution is 7.19. The van der Waals surface area contributed by atoms with Gasteiger partial charge in [0.1, 0.15) is 5.82 Å². The predicted octanol–water partition coefficient (Wildman–Crippen LogP) is 3.29. The molecule has 1 N–H and O–H groups in total. The highest BCUT2D eigenvalue weighted by atomic mass is 35.5. The van der Waals surface area contributed by atoms with Gasteiger partial charge in [-0.15, -0.1) is 11.3 Å². The van der Waals surface area contributed by atoms with Crippen molar-refractivity contribution in [3.05, 3.63) is 28.7 Å². The van der Waals surface area contributed by atoms with E-state index in [0.29, 0.717) is 5.82 Å². The Kier molecular flexibility index (Phi) is 3.18. The van der Waals surface area contributed by atoms with E-state index in [1.165, 1.54) is 11.3 Å². The van der Waals surface area contributed by atoms with E-state index in [4.69, 9.17) is 11.6 Å². The van der Waals surface area contributed by atoms with E-state index in [1.54, 1.807) is 6.20 Å². The summed E-state index contributed by atoms with van der Waals surface area (Å²) in [6.07, 6.45) is 1.74. The van der Waals surface area contributed by atoms with Gasteiger partial charge in [0.25, 0.3) is 0 Å². The van der Waals surface area contributed by atoms with Crippen LogP contribution in [0.25, 0.3) is 10.7 Å². The van der Waals surface area contributed by atoms with Crippen LogP contribution >= 0.6 is 22.9 Å². The molecule has 2 heterocycles. The first-order valence-electron chi connectivity index (χ1n) is 4.62. The summed E-state index contributed by atoms with van der Waals surface area (Å²) >= 11 is 7.34. The Balaban J connectivity index is 2.32. The summed E-state index contributed by atoms with van der Waals surface area (Å²) in [5.41, 5.74) is 0.